The van der Waals surface area contributed by atoms with Gasteiger partial charge in [-0.1, -0.05) is 6.92 Å². The van der Waals surface area contributed by atoms with E-state index in [1.165, 1.54) is 0 Å². The summed E-state index contributed by atoms with van der Waals surface area (Å²) >= 11 is 0. The van der Waals surface area contributed by atoms with Gasteiger partial charge >= 0.3 is 0 Å². The lowest BCUT2D eigenvalue weighted by molar-refractivity contribution is 0.370. The molecule has 0 spiro atoms. The molecule has 0 bridgehead atoms. The Balaban J connectivity index is 2.09. The highest BCUT2D eigenvalue weighted by Gasteiger charge is 2.32. The number of nitrogens with two attached hydrogens (primary N) is 1. The van der Waals surface area contributed by atoms with Gasteiger partial charge in [-0.3, -0.25) is 0 Å². The maximum Gasteiger partial charge on any atom is 0.132 e. The molecular weight excluding hydrogens is 78.1 g/mol. The quantitative estimate of drug-likeness (QED) is 0.460. The van der Waals surface area contributed by atoms with Crippen LogP contribution in [0, 0.1) is 0 Å². The number of hydrogen-bond acceptors (Lipinski definition) is 2. The van der Waals surface area contributed by atoms with Gasteiger partial charge in [-0.2, -0.15) is 0 Å². The molecule has 0 aromatic rings. The fourth-order valence-corrected chi connectivity index (χ4v) is 0.485. The highest BCUT2D eigenvalue weighted by Crippen LogP contribution is 2.18. The lowest BCUT2D eigenvalue weighted by Gasteiger charge is -1.72. The average molecular weight is 87.1 g/mol. The van der Waals surface area contributed by atoms with E-state index in [-0.39, 0.29) is 6.23 Å². The second-order valence-corrected chi connectivity index (χ2v) is 1.55. The van der Waals surface area contributed by atoms with Crippen LogP contribution in [0.1, 0.15) is 13.3 Å². The van der Waals surface area contributed by atoms with Crippen LogP contribution in [-0.2, 0) is 4.74 Å². The Labute approximate surface area is 37.3 Å². The Morgan fingerprint density at radius 2 is 2.33 bits per heavy atom. The second kappa shape index (κ2) is 1.21. The first-order valence-electron chi connectivity index (χ1n) is 2.25. The van der Waals surface area contributed by atoms with Gasteiger partial charge in [0.15, 0.2) is 0 Å². The molecule has 6 heavy (non-hydrogen) atoms. The van der Waals surface area contributed by atoms with Gasteiger partial charge in [0.1, 0.15) is 6.23 Å². The van der Waals surface area contributed by atoms with E-state index in [1.54, 1.807) is 0 Å². The predicted octanol–water partition coefficient (Wildman–Crippen LogP) is 0.0800. The minimum atomic E-state index is 0.0648. The van der Waals surface area contributed by atoms with Crippen LogP contribution >= 0.6 is 0 Å². The third-order valence-corrected chi connectivity index (χ3v) is 1.02. The van der Waals surface area contributed by atoms with Gasteiger partial charge in [0, 0.05) is 0 Å². The number of rotatable bonds is 1. The van der Waals surface area contributed by atoms with Gasteiger partial charge in [0.05, 0.1) is 6.10 Å². The molecule has 2 N–H and O–H groups in total. The first-order chi connectivity index (χ1) is 2.84. The number of epoxide rings is 1. The summed E-state index contributed by atoms with van der Waals surface area (Å²) in [5.74, 6) is 0. The van der Waals surface area contributed by atoms with Crippen molar-refractivity contribution in [3.05, 3.63) is 0 Å². The highest BCUT2D eigenvalue weighted by molar-refractivity contribution is 4.76. The van der Waals surface area contributed by atoms with Crippen molar-refractivity contribution in [2.75, 3.05) is 0 Å². The SMILES string of the molecule is CC[C@@H]1O[C@@H]1N. The van der Waals surface area contributed by atoms with E-state index in [0.29, 0.717) is 6.10 Å². The Hall–Kier alpha value is -0.0800. The summed E-state index contributed by atoms with van der Waals surface area (Å²) < 4.78 is 4.84. The molecule has 1 rings (SSSR count). The first-order valence-corrected chi connectivity index (χ1v) is 2.25. The van der Waals surface area contributed by atoms with Crippen molar-refractivity contribution >= 4 is 0 Å². The zero-order valence-electron chi connectivity index (χ0n) is 3.85. The zero-order valence-corrected chi connectivity index (χ0v) is 3.85. The van der Waals surface area contributed by atoms with Crippen LogP contribution in [0.4, 0.5) is 0 Å². The van der Waals surface area contributed by atoms with E-state index >= 15 is 0 Å². The Bertz CT molecular complexity index is 53.5. The first kappa shape index (κ1) is 4.09. The molecular formula is C4H9NO. The van der Waals surface area contributed by atoms with E-state index in [9.17, 15) is 0 Å². The summed E-state index contributed by atoms with van der Waals surface area (Å²) in [6, 6.07) is 0. The minimum absolute atomic E-state index is 0.0648. The lowest BCUT2D eigenvalue weighted by atomic mass is 10.3. The molecule has 1 saturated heterocycles. The molecule has 2 atom stereocenters. The molecule has 1 fully saturated rings. The van der Waals surface area contributed by atoms with E-state index in [1.807, 2.05) is 0 Å². The van der Waals surface area contributed by atoms with Crippen molar-refractivity contribution in [2.45, 2.75) is 25.7 Å². The Morgan fingerprint density at radius 1 is 1.83 bits per heavy atom. The van der Waals surface area contributed by atoms with Gasteiger partial charge in [-0.15, -0.1) is 0 Å². The number of ether oxygens (including phenoxy) is 1. The maximum absolute atomic E-state index is 5.25. The predicted molar refractivity (Wildman–Crippen MR) is 23.1 cm³/mol. The molecule has 1 heterocycles. The minimum Gasteiger partial charge on any atom is -0.353 e. The van der Waals surface area contributed by atoms with Crippen LogP contribution in [0.3, 0.4) is 0 Å². The van der Waals surface area contributed by atoms with Crippen LogP contribution in [0.2, 0.25) is 0 Å². The summed E-state index contributed by atoms with van der Waals surface area (Å²) in [4.78, 5) is 0. The standard InChI is InChI=1S/C4H9NO/c1-2-3-4(5)6-3/h3-4H,2,5H2,1H3/t3-,4-/m0/s1. The number of hydrogen-bond donors (Lipinski definition) is 1. The maximum atomic E-state index is 5.25. The van der Waals surface area contributed by atoms with Gasteiger partial charge in [-0.25, -0.2) is 0 Å². The summed E-state index contributed by atoms with van der Waals surface area (Å²) in [5, 5.41) is 0. The lowest BCUT2D eigenvalue weighted by Crippen LogP contribution is -2.03. The fourth-order valence-electron chi connectivity index (χ4n) is 0.485. The van der Waals surface area contributed by atoms with Crippen molar-refractivity contribution < 1.29 is 4.74 Å². The molecule has 0 radical (unpaired) electrons. The van der Waals surface area contributed by atoms with Crippen LogP contribution in [-0.4, -0.2) is 12.3 Å². The molecule has 0 aliphatic carbocycles. The van der Waals surface area contributed by atoms with Crippen molar-refractivity contribution in [1.29, 1.82) is 0 Å². The van der Waals surface area contributed by atoms with E-state index in [4.69, 9.17) is 10.5 Å². The molecule has 0 amide bonds. The summed E-state index contributed by atoms with van der Waals surface area (Å²) in [6.45, 7) is 2.07. The third kappa shape index (κ3) is 0.533. The van der Waals surface area contributed by atoms with Gasteiger partial charge in [0.25, 0.3) is 0 Å². The van der Waals surface area contributed by atoms with Crippen molar-refractivity contribution in [3.63, 3.8) is 0 Å². The van der Waals surface area contributed by atoms with E-state index < -0.39 is 0 Å². The average Bonchev–Trinajstić information content (AvgIpc) is 2.19. The molecule has 0 aromatic heterocycles. The molecule has 2 heteroatoms. The Kier molecular flexibility index (Phi) is 0.821. The van der Waals surface area contributed by atoms with Gasteiger partial charge in [-0.05, 0) is 6.42 Å². The van der Waals surface area contributed by atoms with Crippen molar-refractivity contribution in [3.8, 4) is 0 Å². The molecule has 36 valence electrons. The zero-order chi connectivity index (χ0) is 4.57. The third-order valence-electron chi connectivity index (χ3n) is 1.02. The normalized spacial score (nSPS) is 43.0. The van der Waals surface area contributed by atoms with Crippen LogP contribution in [0.25, 0.3) is 0 Å². The van der Waals surface area contributed by atoms with Crippen molar-refractivity contribution in [1.82, 2.24) is 0 Å². The molecule has 0 unspecified atom stereocenters. The van der Waals surface area contributed by atoms with E-state index in [2.05, 4.69) is 6.92 Å². The second-order valence-electron chi connectivity index (χ2n) is 1.55. The molecule has 1 aliphatic heterocycles. The van der Waals surface area contributed by atoms with Gasteiger partial charge in [0.2, 0.25) is 0 Å². The van der Waals surface area contributed by atoms with Gasteiger partial charge < -0.3 is 10.5 Å². The van der Waals surface area contributed by atoms with Crippen LogP contribution < -0.4 is 5.73 Å². The van der Waals surface area contributed by atoms with Crippen LogP contribution in [0.5, 0.6) is 0 Å². The largest absolute Gasteiger partial charge is 0.353 e. The summed E-state index contributed by atoms with van der Waals surface area (Å²) in [6.07, 6.45) is 1.50. The summed E-state index contributed by atoms with van der Waals surface area (Å²) in [5.41, 5.74) is 5.25. The molecule has 0 saturated carbocycles. The van der Waals surface area contributed by atoms with E-state index in [0.717, 1.165) is 6.42 Å². The fraction of sp³-hybridized carbons (Fsp3) is 1.00. The van der Waals surface area contributed by atoms with Crippen LogP contribution in [0.15, 0.2) is 0 Å². The van der Waals surface area contributed by atoms with Crippen molar-refractivity contribution in [2.24, 2.45) is 5.73 Å². The molecule has 2 nitrogen and oxygen atoms in total. The monoisotopic (exact) mass is 87.1 g/mol. The Morgan fingerprint density at radius 3 is 2.33 bits per heavy atom. The molecule has 0 aromatic carbocycles. The smallest absolute Gasteiger partial charge is 0.132 e. The summed E-state index contributed by atoms with van der Waals surface area (Å²) in [7, 11) is 0. The highest BCUT2D eigenvalue weighted by atomic mass is 16.6. The topological polar surface area (TPSA) is 38.5 Å². The molecule has 1 aliphatic rings.